The summed E-state index contributed by atoms with van der Waals surface area (Å²) in [6, 6.07) is 8.77. The highest BCUT2D eigenvalue weighted by Crippen LogP contribution is 2.42. The van der Waals surface area contributed by atoms with Crippen LogP contribution in [0.3, 0.4) is 0 Å². The van der Waals surface area contributed by atoms with Gasteiger partial charge >= 0.3 is 11.9 Å². The van der Waals surface area contributed by atoms with E-state index in [4.69, 9.17) is 26.3 Å². The highest BCUT2D eigenvalue weighted by atomic mass is 35.5. The number of dihydropyridines is 1. The van der Waals surface area contributed by atoms with Crippen LogP contribution in [-0.4, -0.2) is 24.6 Å². The molecule has 1 N–H and O–H groups in total. The summed E-state index contributed by atoms with van der Waals surface area (Å²) in [7, 11) is 0. The Morgan fingerprint density at radius 1 is 1.17 bits per heavy atom. The predicted molar refractivity (Wildman–Crippen MR) is 110 cm³/mol. The summed E-state index contributed by atoms with van der Waals surface area (Å²) in [6.45, 7) is 6.75. The number of nitrogens with zero attached hydrogens (tertiary/aromatic N) is 2. The zero-order valence-electron chi connectivity index (χ0n) is 17.2. The van der Waals surface area contributed by atoms with Gasteiger partial charge in [0, 0.05) is 11.4 Å². The predicted octanol–water partition coefficient (Wildman–Crippen LogP) is 3.85. The molecule has 1 heterocycles. The molecule has 0 saturated heterocycles. The molecule has 1 atom stereocenters. The quantitative estimate of drug-likeness (QED) is 0.541. The van der Waals surface area contributed by atoms with E-state index in [2.05, 4.69) is 5.32 Å². The number of hydrogen-bond acceptors (Lipinski definition) is 7. The molecule has 0 radical (unpaired) electrons. The van der Waals surface area contributed by atoms with Crippen LogP contribution in [0, 0.1) is 22.7 Å². The Morgan fingerprint density at radius 3 is 2.37 bits per heavy atom. The molecular formula is C22H22ClN3O4. The van der Waals surface area contributed by atoms with E-state index < -0.39 is 17.9 Å². The minimum absolute atomic E-state index is 0.0396. The number of rotatable bonds is 6. The Morgan fingerprint density at radius 2 is 1.80 bits per heavy atom. The number of ether oxygens (including phenoxy) is 2. The Hall–Kier alpha value is -3.29. The molecule has 7 nitrogen and oxygen atoms in total. The maximum absolute atomic E-state index is 13.0. The second kappa shape index (κ2) is 9.96. The van der Waals surface area contributed by atoms with E-state index in [0.717, 1.165) is 0 Å². The van der Waals surface area contributed by atoms with Crippen LogP contribution in [0.15, 0.2) is 40.7 Å². The molecule has 0 fully saturated rings. The fraction of sp³-hybridized carbons (Fsp3) is 0.364. The molecule has 0 saturated carbocycles. The van der Waals surface area contributed by atoms with E-state index in [1.165, 1.54) is 0 Å². The summed E-state index contributed by atoms with van der Waals surface area (Å²) in [4.78, 5) is 25.9. The molecule has 0 amide bonds. The van der Waals surface area contributed by atoms with Gasteiger partial charge in [0.1, 0.15) is 12.7 Å². The van der Waals surface area contributed by atoms with Crippen molar-refractivity contribution in [1.29, 1.82) is 10.5 Å². The number of allylic oxidation sites excluding steroid dienone is 2. The average Bonchev–Trinajstić information content (AvgIpc) is 2.67. The van der Waals surface area contributed by atoms with Crippen molar-refractivity contribution in [3.05, 3.63) is 56.9 Å². The second-order valence-corrected chi connectivity index (χ2v) is 7.33. The van der Waals surface area contributed by atoms with Crippen LogP contribution in [-0.2, 0) is 19.1 Å². The van der Waals surface area contributed by atoms with Gasteiger partial charge in [-0.25, -0.2) is 9.59 Å². The van der Waals surface area contributed by atoms with Crippen LogP contribution in [0.4, 0.5) is 0 Å². The Labute approximate surface area is 180 Å². The van der Waals surface area contributed by atoms with Gasteiger partial charge in [0.25, 0.3) is 0 Å². The SMILES string of the molecule is CC1=C(C(=O)OCCC#N)C(c2cccc(C#N)c2Cl)C(C(=O)OC(C)C)=C(C)N1. The van der Waals surface area contributed by atoms with Gasteiger partial charge in [-0.2, -0.15) is 10.5 Å². The van der Waals surface area contributed by atoms with Crippen molar-refractivity contribution >= 4 is 23.5 Å². The van der Waals surface area contributed by atoms with Crippen molar-refractivity contribution in [1.82, 2.24) is 5.32 Å². The molecule has 30 heavy (non-hydrogen) atoms. The van der Waals surface area contributed by atoms with Gasteiger partial charge in [-0.1, -0.05) is 23.7 Å². The van der Waals surface area contributed by atoms with Crippen LogP contribution in [0.2, 0.25) is 5.02 Å². The van der Waals surface area contributed by atoms with Gasteiger partial charge in [0.2, 0.25) is 0 Å². The summed E-state index contributed by atoms with van der Waals surface area (Å²) in [5.41, 5.74) is 2.01. The lowest BCUT2D eigenvalue weighted by Crippen LogP contribution is -2.33. The van der Waals surface area contributed by atoms with Gasteiger partial charge in [-0.05, 0) is 39.3 Å². The molecule has 0 spiro atoms. The van der Waals surface area contributed by atoms with Crippen molar-refractivity contribution in [2.75, 3.05) is 6.61 Å². The van der Waals surface area contributed by atoms with Crippen molar-refractivity contribution in [2.24, 2.45) is 0 Å². The Balaban J connectivity index is 2.68. The zero-order valence-corrected chi connectivity index (χ0v) is 18.0. The first-order valence-corrected chi connectivity index (χ1v) is 9.72. The number of nitrogens with one attached hydrogen (secondary N) is 1. The molecule has 0 aliphatic carbocycles. The zero-order chi connectivity index (χ0) is 22.4. The lowest BCUT2D eigenvalue weighted by molar-refractivity contribution is -0.143. The van der Waals surface area contributed by atoms with Gasteiger partial charge in [0.15, 0.2) is 0 Å². The smallest absolute Gasteiger partial charge is 0.337 e. The third-order valence-electron chi connectivity index (χ3n) is 4.45. The first kappa shape index (κ1) is 23.0. The van der Waals surface area contributed by atoms with E-state index in [0.29, 0.717) is 17.0 Å². The molecule has 156 valence electrons. The summed E-state index contributed by atoms with van der Waals surface area (Å²) in [6.07, 6.45) is -0.338. The van der Waals surface area contributed by atoms with Crippen LogP contribution in [0.5, 0.6) is 0 Å². The summed E-state index contributed by atoms with van der Waals surface area (Å²) >= 11 is 6.47. The van der Waals surface area contributed by atoms with Crippen LogP contribution in [0.25, 0.3) is 0 Å². The first-order chi connectivity index (χ1) is 14.2. The maximum atomic E-state index is 13.0. The van der Waals surface area contributed by atoms with Crippen molar-refractivity contribution in [3.63, 3.8) is 0 Å². The number of carbonyl (C=O) groups excluding carboxylic acids is 2. The van der Waals surface area contributed by atoms with E-state index in [1.54, 1.807) is 45.9 Å². The van der Waals surface area contributed by atoms with Gasteiger partial charge in [-0.3, -0.25) is 0 Å². The van der Waals surface area contributed by atoms with Crippen molar-refractivity contribution in [2.45, 2.75) is 46.1 Å². The van der Waals surface area contributed by atoms with Gasteiger partial charge in [0.05, 0.1) is 46.2 Å². The topological polar surface area (TPSA) is 112 Å². The molecule has 0 aromatic heterocycles. The third kappa shape index (κ3) is 4.82. The summed E-state index contributed by atoms with van der Waals surface area (Å²) < 4.78 is 10.7. The van der Waals surface area contributed by atoms with Gasteiger partial charge < -0.3 is 14.8 Å². The van der Waals surface area contributed by atoms with Crippen molar-refractivity contribution < 1.29 is 19.1 Å². The van der Waals surface area contributed by atoms with E-state index >= 15 is 0 Å². The molecule has 8 heteroatoms. The number of hydrogen-bond donors (Lipinski definition) is 1. The van der Waals surface area contributed by atoms with E-state index in [1.807, 2.05) is 12.1 Å². The molecule has 1 unspecified atom stereocenters. The van der Waals surface area contributed by atoms with E-state index in [-0.39, 0.29) is 40.9 Å². The fourth-order valence-corrected chi connectivity index (χ4v) is 3.53. The molecule has 1 aliphatic rings. The summed E-state index contributed by atoms with van der Waals surface area (Å²) in [5, 5.41) is 21.3. The lowest BCUT2D eigenvalue weighted by Gasteiger charge is -2.31. The highest BCUT2D eigenvalue weighted by molar-refractivity contribution is 6.32. The van der Waals surface area contributed by atoms with E-state index in [9.17, 15) is 14.9 Å². The lowest BCUT2D eigenvalue weighted by atomic mass is 9.80. The average molecular weight is 428 g/mol. The normalized spacial score (nSPS) is 15.9. The Kier molecular flexibility index (Phi) is 7.63. The van der Waals surface area contributed by atoms with Crippen LogP contribution >= 0.6 is 11.6 Å². The van der Waals surface area contributed by atoms with Crippen LogP contribution in [0.1, 0.15) is 51.2 Å². The number of carbonyl (C=O) groups is 2. The largest absolute Gasteiger partial charge is 0.461 e. The Bertz CT molecular complexity index is 1010. The van der Waals surface area contributed by atoms with Crippen molar-refractivity contribution in [3.8, 4) is 12.1 Å². The number of nitriles is 2. The first-order valence-electron chi connectivity index (χ1n) is 9.35. The minimum Gasteiger partial charge on any atom is -0.461 e. The van der Waals surface area contributed by atoms with Gasteiger partial charge in [-0.15, -0.1) is 0 Å². The second-order valence-electron chi connectivity index (χ2n) is 6.95. The fourth-order valence-electron chi connectivity index (χ4n) is 3.25. The monoisotopic (exact) mass is 427 g/mol. The third-order valence-corrected chi connectivity index (χ3v) is 4.87. The minimum atomic E-state index is -0.895. The molecular weight excluding hydrogens is 406 g/mol. The molecule has 2 rings (SSSR count). The number of benzene rings is 1. The molecule has 1 aromatic carbocycles. The maximum Gasteiger partial charge on any atom is 0.337 e. The molecule has 0 bridgehead atoms. The number of esters is 2. The molecule has 1 aromatic rings. The highest BCUT2D eigenvalue weighted by Gasteiger charge is 2.39. The summed E-state index contributed by atoms with van der Waals surface area (Å²) in [5.74, 6) is -2.18. The standard InChI is InChI=1S/C22H22ClN3O4/c1-12(2)30-22(28)18-14(4)26-13(3)17(21(27)29-10-6-9-24)19(18)16-8-5-7-15(11-25)20(16)23/h5,7-8,12,19,26H,6,10H2,1-4H3. The number of halogens is 1. The molecule has 1 aliphatic heterocycles. The van der Waals surface area contributed by atoms with Crippen LogP contribution < -0.4 is 5.32 Å².